The minimum atomic E-state index is -0.695. The van der Waals surface area contributed by atoms with E-state index >= 15 is 0 Å². The average Bonchev–Trinajstić information content (AvgIpc) is 3.34. The highest BCUT2D eigenvalue weighted by Crippen LogP contribution is 2.32. The minimum Gasteiger partial charge on any atom is -0.371 e. The first-order valence-corrected chi connectivity index (χ1v) is 10.0. The molecule has 0 unspecified atom stereocenters. The molecule has 0 radical (unpaired) electrons. The predicted octanol–water partition coefficient (Wildman–Crippen LogP) is 1.65. The van der Waals surface area contributed by atoms with E-state index in [-0.39, 0.29) is 11.5 Å². The van der Waals surface area contributed by atoms with E-state index in [1.54, 1.807) is 32.0 Å². The van der Waals surface area contributed by atoms with Gasteiger partial charge >= 0.3 is 0 Å². The van der Waals surface area contributed by atoms with E-state index in [1.165, 1.54) is 0 Å². The van der Waals surface area contributed by atoms with E-state index in [9.17, 15) is 4.79 Å². The topological polar surface area (TPSA) is 140 Å². The number of nitrogens with two attached hydrogens (primary N) is 1. The number of rotatable bonds is 5. The molecule has 32 heavy (non-hydrogen) atoms. The molecule has 4 aromatic rings. The van der Waals surface area contributed by atoms with Crippen LogP contribution in [0.15, 0.2) is 31.0 Å². The van der Waals surface area contributed by atoms with Gasteiger partial charge in [-0.05, 0) is 18.7 Å². The molecule has 0 aliphatic carbocycles. The summed E-state index contributed by atoms with van der Waals surface area (Å²) in [4.78, 5) is 36.9. The third-order valence-electron chi connectivity index (χ3n) is 5.44. The number of pyridine rings is 2. The highest BCUT2D eigenvalue weighted by Gasteiger charge is 2.22. The number of primary amides is 1. The lowest BCUT2D eigenvalue weighted by atomic mass is 10.1. The first-order chi connectivity index (χ1) is 15.4. The molecular weight excluding hydrogens is 408 g/mol. The van der Waals surface area contributed by atoms with Crippen LogP contribution in [0.1, 0.15) is 21.7 Å². The van der Waals surface area contributed by atoms with E-state index < -0.39 is 5.91 Å². The molecule has 5 rings (SSSR count). The van der Waals surface area contributed by atoms with Crippen LogP contribution in [0.4, 0.5) is 17.3 Å². The Morgan fingerprint density at radius 1 is 1.09 bits per heavy atom. The maximum atomic E-state index is 12.3. The van der Waals surface area contributed by atoms with Gasteiger partial charge in [-0.1, -0.05) is 0 Å². The van der Waals surface area contributed by atoms with Crippen LogP contribution in [0.25, 0.3) is 22.3 Å². The van der Waals surface area contributed by atoms with Gasteiger partial charge in [0.2, 0.25) is 0 Å². The Morgan fingerprint density at radius 2 is 1.94 bits per heavy atom. The van der Waals surface area contributed by atoms with Gasteiger partial charge < -0.3 is 20.9 Å². The van der Waals surface area contributed by atoms with Gasteiger partial charge in [0.15, 0.2) is 17.3 Å². The highest BCUT2D eigenvalue weighted by molar-refractivity contribution is 5.99. The van der Waals surface area contributed by atoms with E-state index in [0.717, 1.165) is 29.9 Å². The normalized spacial score (nSPS) is 13.3. The Morgan fingerprint density at radius 3 is 2.72 bits per heavy atom. The minimum absolute atomic E-state index is 0.0181. The third-order valence-corrected chi connectivity index (χ3v) is 5.44. The molecule has 11 heteroatoms. The molecule has 0 fully saturated rings. The fraction of sp³-hybridized carbons (Fsp3) is 0.238. The number of imidazole rings is 1. The number of hydrogen-bond donors (Lipinski definition) is 3. The molecule has 1 aliphatic heterocycles. The zero-order valence-corrected chi connectivity index (χ0v) is 17.9. The van der Waals surface area contributed by atoms with Crippen LogP contribution in [0.3, 0.4) is 0 Å². The summed E-state index contributed by atoms with van der Waals surface area (Å²) in [5.41, 5.74) is 11.2. The number of nitrogens with one attached hydrogen (secondary N) is 2. The van der Waals surface area contributed by atoms with Crippen molar-refractivity contribution in [3.05, 3.63) is 47.9 Å². The second-order valence-electron chi connectivity index (χ2n) is 7.77. The molecule has 0 bridgehead atoms. The lowest BCUT2D eigenvalue weighted by molar-refractivity contribution is 0.0996. The van der Waals surface area contributed by atoms with Crippen molar-refractivity contribution in [1.82, 2.24) is 34.4 Å². The summed E-state index contributed by atoms with van der Waals surface area (Å²) < 4.78 is 1.86. The van der Waals surface area contributed by atoms with Crippen LogP contribution in [0.2, 0.25) is 0 Å². The highest BCUT2D eigenvalue weighted by atomic mass is 16.1. The molecule has 162 valence electrons. The monoisotopic (exact) mass is 430 g/mol. The molecule has 5 heterocycles. The number of hydrogen-bond acceptors (Lipinski definition) is 9. The number of amides is 1. The maximum Gasteiger partial charge on any atom is 0.271 e. The Kier molecular flexibility index (Phi) is 4.67. The quantitative estimate of drug-likeness (QED) is 0.431. The van der Waals surface area contributed by atoms with E-state index in [1.807, 2.05) is 24.7 Å². The summed E-state index contributed by atoms with van der Waals surface area (Å²) in [6.07, 6.45) is 6.79. The summed E-state index contributed by atoms with van der Waals surface area (Å²) >= 11 is 0. The zero-order valence-electron chi connectivity index (χ0n) is 17.9. The fourth-order valence-electron chi connectivity index (χ4n) is 3.90. The molecular formula is C21H22N10O. The summed E-state index contributed by atoms with van der Waals surface area (Å²) in [7, 11) is 5.66. The smallest absolute Gasteiger partial charge is 0.271 e. The van der Waals surface area contributed by atoms with Crippen molar-refractivity contribution in [3.8, 4) is 11.3 Å². The van der Waals surface area contributed by atoms with Crippen LogP contribution in [-0.4, -0.2) is 54.4 Å². The van der Waals surface area contributed by atoms with Gasteiger partial charge in [0, 0.05) is 33.4 Å². The summed E-state index contributed by atoms with van der Waals surface area (Å²) in [6.45, 7) is 1.63. The van der Waals surface area contributed by atoms with Crippen molar-refractivity contribution in [2.24, 2.45) is 12.8 Å². The van der Waals surface area contributed by atoms with Crippen LogP contribution in [-0.2, 0) is 20.1 Å². The van der Waals surface area contributed by atoms with Gasteiger partial charge in [-0.3, -0.25) is 19.7 Å². The molecule has 4 N–H and O–H groups in total. The molecule has 0 aromatic carbocycles. The Balaban J connectivity index is 1.61. The summed E-state index contributed by atoms with van der Waals surface area (Å²) in [5, 5.41) is 6.22. The van der Waals surface area contributed by atoms with Gasteiger partial charge in [0.05, 0.1) is 41.2 Å². The van der Waals surface area contributed by atoms with E-state index in [0.29, 0.717) is 28.3 Å². The maximum absolute atomic E-state index is 12.3. The third kappa shape index (κ3) is 3.28. The summed E-state index contributed by atoms with van der Waals surface area (Å²) in [6, 6.07) is 2.00. The van der Waals surface area contributed by atoms with Gasteiger partial charge in [-0.2, -0.15) is 0 Å². The predicted molar refractivity (Wildman–Crippen MR) is 120 cm³/mol. The first kappa shape index (κ1) is 19.8. The molecule has 1 amide bonds. The van der Waals surface area contributed by atoms with Gasteiger partial charge in [0.25, 0.3) is 5.91 Å². The molecule has 1 aliphatic rings. The van der Waals surface area contributed by atoms with Gasteiger partial charge in [0.1, 0.15) is 11.2 Å². The number of anilines is 3. The largest absolute Gasteiger partial charge is 0.371 e. The van der Waals surface area contributed by atoms with Crippen molar-refractivity contribution in [1.29, 1.82) is 0 Å². The lowest BCUT2D eigenvalue weighted by Gasteiger charge is -2.14. The SMILES string of the molecule is CNc1nc(Nc2cnc3c(c2)CN(C)C3)c(C(N)=O)nc1-c1cncc2c1ncn2C. The first-order valence-electron chi connectivity index (χ1n) is 10.0. The Hall–Kier alpha value is -4.12. The van der Waals surface area contributed by atoms with Crippen LogP contribution in [0, 0.1) is 0 Å². The molecule has 11 nitrogen and oxygen atoms in total. The second-order valence-corrected chi connectivity index (χ2v) is 7.77. The van der Waals surface area contributed by atoms with Crippen molar-refractivity contribution >= 4 is 34.3 Å². The van der Waals surface area contributed by atoms with Crippen LogP contribution in [0.5, 0.6) is 0 Å². The van der Waals surface area contributed by atoms with Crippen molar-refractivity contribution < 1.29 is 4.79 Å². The standard InChI is InChI=1S/C21H22N10O/c1-23-20-17(13-6-24-7-15-16(13)26-10-31(15)3)28-18(19(22)32)21(29-20)27-12-4-11-8-30(2)9-14(11)25-5-12/h4-7,10H,8-9H2,1-3H3,(H2,22,32)(H2,23,27,29). The van der Waals surface area contributed by atoms with Crippen LogP contribution >= 0.6 is 0 Å². The van der Waals surface area contributed by atoms with E-state index in [4.69, 9.17) is 5.73 Å². The number of aromatic nitrogens is 6. The van der Waals surface area contributed by atoms with E-state index in [2.05, 4.69) is 40.5 Å². The van der Waals surface area contributed by atoms with Gasteiger partial charge in [-0.15, -0.1) is 0 Å². The number of fused-ring (bicyclic) bond motifs is 2. The number of carbonyl (C=O) groups excluding carboxylic acids is 1. The number of nitrogens with zero attached hydrogens (tertiary/aromatic N) is 7. The molecule has 0 saturated heterocycles. The zero-order chi connectivity index (χ0) is 22.4. The van der Waals surface area contributed by atoms with Crippen molar-refractivity contribution in [2.75, 3.05) is 24.7 Å². The average molecular weight is 430 g/mol. The molecule has 0 spiro atoms. The second kappa shape index (κ2) is 7.54. The molecule has 0 saturated carbocycles. The molecule has 4 aromatic heterocycles. The number of aryl methyl sites for hydroxylation is 1. The molecule has 0 atom stereocenters. The van der Waals surface area contributed by atoms with Gasteiger partial charge in [-0.25, -0.2) is 15.0 Å². The Bertz CT molecular complexity index is 1360. The van der Waals surface area contributed by atoms with Crippen molar-refractivity contribution in [3.63, 3.8) is 0 Å². The summed E-state index contributed by atoms with van der Waals surface area (Å²) in [5.74, 6) is 0.0186. The van der Waals surface area contributed by atoms with Crippen LogP contribution < -0.4 is 16.4 Å². The Labute approximate surface area is 183 Å². The number of carbonyl (C=O) groups is 1. The lowest BCUT2D eigenvalue weighted by Crippen LogP contribution is -2.18. The van der Waals surface area contributed by atoms with Crippen molar-refractivity contribution in [2.45, 2.75) is 13.1 Å². The fourth-order valence-corrected chi connectivity index (χ4v) is 3.90.